The Kier molecular flexibility index (Phi) is 13.5. The number of aliphatic imine (C=N–C) groups is 1. The first kappa shape index (κ1) is 28.1. The summed E-state index contributed by atoms with van der Waals surface area (Å²) in [6.07, 6.45) is 2.44. The first-order valence-corrected chi connectivity index (χ1v) is 11.1. The minimum atomic E-state index is -0.623. The molecular formula is C24H38N4O5. The van der Waals surface area contributed by atoms with Crippen LogP contribution in [-0.2, 0) is 20.9 Å². The number of carbonyl (C=O) groups excluding carboxylic acids is 2. The highest BCUT2D eigenvalue weighted by molar-refractivity contribution is 5.76. The zero-order chi connectivity index (χ0) is 24.6. The third kappa shape index (κ3) is 10.0. The Morgan fingerprint density at radius 3 is 2.58 bits per heavy atom. The van der Waals surface area contributed by atoms with E-state index in [2.05, 4.69) is 22.2 Å². The molecule has 0 bridgehead atoms. The van der Waals surface area contributed by atoms with Crippen molar-refractivity contribution in [1.82, 2.24) is 15.5 Å². The van der Waals surface area contributed by atoms with Crippen LogP contribution in [0.5, 0.6) is 0 Å². The third-order valence-electron chi connectivity index (χ3n) is 5.29. The average molecular weight is 463 g/mol. The molecule has 0 saturated heterocycles. The van der Waals surface area contributed by atoms with Gasteiger partial charge >= 0.3 is 12.1 Å². The van der Waals surface area contributed by atoms with Crippen LogP contribution in [0.15, 0.2) is 47.6 Å². The third-order valence-corrected chi connectivity index (χ3v) is 5.29. The van der Waals surface area contributed by atoms with Gasteiger partial charge in [-0.1, -0.05) is 43.8 Å². The zero-order valence-corrected chi connectivity index (χ0v) is 20.1. The molecule has 0 heterocycles. The van der Waals surface area contributed by atoms with E-state index in [0.29, 0.717) is 31.5 Å². The largest absolute Gasteiger partial charge is 0.468 e. The number of aliphatic hydroxyl groups excluding tert-OH is 1. The monoisotopic (exact) mass is 462 g/mol. The van der Waals surface area contributed by atoms with Crippen molar-refractivity contribution in [2.24, 2.45) is 4.99 Å². The van der Waals surface area contributed by atoms with Crippen LogP contribution >= 0.6 is 0 Å². The lowest BCUT2D eigenvalue weighted by atomic mass is 10.1. The molecule has 33 heavy (non-hydrogen) atoms. The van der Waals surface area contributed by atoms with Crippen molar-refractivity contribution in [1.29, 1.82) is 0 Å². The van der Waals surface area contributed by atoms with Crippen molar-refractivity contribution in [2.75, 3.05) is 27.3 Å². The predicted molar refractivity (Wildman–Crippen MR) is 129 cm³/mol. The lowest BCUT2D eigenvalue weighted by molar-refractivity contribution is -0.143. The minimum Gasteiger partial charge on any atom is -0.468 e. The highest BCUT2D eigenvalue weighted by Crippen LogP contribution is 2.15. The van der Waals surface area contributed by atoms with Gasteiger partial charge in [-0.05, 0) is 31.9 Å². The number of hydrogen-bond acceptors (Lipinski definition) is 7. The second-order valence-electron chi connectivity index (χ2n) is 7.70. The summed E-state index contributed by atoms with van der Waals surface area (Å²) in [4.78, 5) is 30.5. The first-order chi connectivity index (χ1) is 15.9. The van der Waals surface area contributed by atoms with Gasteiger partial charge < -0.3 is 30.1 Å². The number of esters is 1. The number of benzene rings is 1. The van der Waals surface area contributed by atoms with E-state index in [1.165, 1.54) is 13.4 Å². The summed E-state index contributed by atoms with van der Waals surface area (Å²) in [5.41, 5.74) is 1.49. The number of nitrogens with one attached hydrogen (secondary N) is 2. The lowest BCUT2D eigenvalue weighted by Gasteiger charge is -2.35. The summed E-state index contributed by atoms with van der Waals surface area (Å²) in [6.45, 7) is 8.08. The number of rotatable bonds is 15. The molecule has 2 unspecified atom stereocenters. The van der Waals surface area contributed by atoms with Gasteiger partial charge in [0.25, 0.3) is 0 Å². The molecule has 184 valence electrons. The van der Waals surface area contributed by atoms with Crippen LogP contribution in [0.1, 0.15) is 38.7 Å². The van der Waals surface area contributed by atoms with Crippen molar-refractivity contribution in [3.63, 3.8) is 0 Å². The van der Waals surface area contributed by atoms with Crippen LogP contribution < -0.4 is 10.6 Å². The van der Waals surface area contributed by atoms with Crippen LogP contribution in [0.4, 0.5) is 4.79 Å². The van der Waals surface area contributed by atoms with Gasteiger partial charge in [-0.2, -0.15) is 0 Å². The summed E-state index contributed by atoms with van der Waals surface area (Å²) in [5.74, 6) is -0.423. The fourth-order valence-corrected chi connectivity index (χ4v) is 3.26. The molecule has 9 heteroatoms. The smallest absolute Gasteiger partial charge is 0.410 e. The van der Waals surface area contributed by atoms with Gasteiger partial charge in [0.05, 0.1) is 26.1 Å². The second kappa shape index (κ2) is 15.8. The highest BCUT2D eigenvalue weighted by Gasteiger charge is 2.29. The fraction of sp³-hybridized carbons (Fsp3) is 0.542. The standard InChI is InChI=1S/C24H38N4O5/c1-6-19(3)28(24(31)33-16-20-10-8-7-9-11-20)21(15-29)12-13-26-22(23(30)32-5)14-18(2)27-17-25-4/h7-11,17,19,21-22,26,29H,2,6,12-16H2,1,3-5H3,(H,25,27)/t19?,21-,22?/m0/s1. The van der Waals surface area contributed by atoms with E-state index in [9.17, 15) is 14.7 Å². The number of carbonyl (C=O) groups is 2. The van der Waals surface area contributed by atoms with Crippen molar-refractivity contribution in [2.45, 2.75) is 57.8 Å². The van der Waals surface area contributed by atoms with E-state index in [4.69, 9.17) is 9.47 Å². The highest BCUT2D eigenvalue weighted by atomic mass is 16.6. The number of nitrogens with zero attached hydrogens (tertiary/aromatic N) is 2. The second-order valence-corrected chi connectivity index (χ2v) is 7.70. The maximum absolute atomic E-state index is 12.9. The number of ether oxygens (including phenoxy) is 2. The molecule has 0 spiro atoms. The summed E-state index contributed by atoms with van der Waals surface area (Å²) in [7, 11) is 2.95. The van der Waals surface area contributed by atoms with E-state index >= 15 is 0 Å². The Bertz CT molecular complexity index is 756. The molecule has 1 aromatic carbocycles. The Balaban J connectivity index is 2.76. The van der Waals surface area contributed by atoms with Crippen molar-refractivity contribution < 1.29 is 24.2 Å². The molecule has 0 radical (unpaired) electrons. The van der Waals surface area contributed by atoms with E-state index in [1.807, 2.05) is 44.2 Å². The van der Waals surface area contributed by atoms with Gasteiger partial charge in [-0.3, -0.25) is 9.79 Å². The van der Waals surface area contributed by atoms with Gasteiger partial charge in [-0.25, -0.2) is 4.79 Å². The van der Waals surface area contributed by atoms with Crippen LogP contribution in [0, 0.1) is 0 Å². The molecule has 3 atom stereocenters. The minimum absolute atomic E-state index is 0.126. The molecule has 0 fully saturated rings. The van der Waals surface area contributed by atoms with E-state index in [-0.39, 0.29) is 19.3 Å². The fourth-order valence-electron chi connectivity index (χ4n) is 3.26. The van der Waals surface area contributed by atoms with Gasteiger partial charge in [0.15, 0.2) is 0 Å². The predicted octanol–water partition coefficient (Wildman–Crippen LogP) is 2.46. The lowest BCUT2D eigenvalue weighted by Crippen LogP contribution is -2.49. The molecule has 1 amide bonds. The van der Waals surface area contributed by atoms with Crippen molar-refractivity contribution in [3.8, 4) is 0 Å². The van der Waals surface area contributed by atoms with Crippen LogP contribution in [0.3, 0.4) is 0 Å². The molecule has 9 nitrogen and oxygen atoms in total. The maximum atomic E-state index is 12.9. The summed E-state index contributed by atoms with van der Waals surface area (Å²) >= 11 is 0. The van der Waals surface area contributed by atoms with E-state index in [1.54, 1.807) is 11.9 Å². The number of aliphatic hydroxyl groups is 1. The zero-order valence-electron chi connectivity index (χ0n) is 20.1. The Morgan fingerprint density at radius 1 is 1.30 bits per heavy atom. The first-order valence-electron chi connectivity index (χ1n) is 11.1. The number of hydrogen-bond donors (Lipinski definition) is 3. The molecule has 0 aromatic heterocycles. The number of amides is 1. The quantitative estimate of drug-likeness (QED) is 0.208. The molecule has 0 aliphatic heterocycles. The van der Waals surface area contributed by atoms with Gasteiger partial charge in [0.2, 0.25) is 0 Å². The molecule has 1 rings (SSSR count). The molecule has 1 aromatic rings. The van der Waals surface area contributed by atoms with Crippen molar-refractivity contribution in [3.05, 3.63) is 48.2 Å². The topological polar surface area (TPSA) is 112 Å². The number of methoxy groups -OCH3 is 1. The normalized spacial score (nSPS) is 13.7. The SMILES string of the molecule is C=C(CC(NCC[C@@H](CO)N(C(=O)OCc1ccccc1)C(C)CC)C(=O)OC)NC=NC. The Hall–Kier alpha value is -2.91. The van der Waals surface area contributed by atoms with Gasteiger partial charge in [0, 0.05) is 25.2 Å². The van der Waals surface area contributed by atoms with E-state index < -0.39 is 24.1 Å². The molecule has 0 saturated carbocycles. The maximum Gasteiger partial charge on any atom is 0.410 e. The molecule has 0 aliphatic carbocycles. The van der Waals surface area contributed by atoms with Crippen molar-refractivity contribution >= 4 is 18.4 Å². The Labute approximate surface area is 196 Å². The molecule has 3 N–H and O–H groups in total. The van der Waals surface area contributed by atoms with Gasteiger partial charge in [0.1, 0.15) is 12.6 Å². The van der Waals surface area contributed by atoms with Gasteiger partial charge in [-0.15, -0.1) is 0 Å². The van der Waals surface area contributed by atoms with Crippen LogP contribution in [0.2, 0.25) is 0 Å². The summed E-state index contributed by atoms with van der Waals surface area (Å²) in [5, 5.41) is 16.1. The Morgan fingerprint density at radius 2 is 2.00 bits per heavy atom. The van der Waals surface area contributed by atoms with Crippen LogP contribution in [0.25, 0.3) is 0 Å². The van der Waals surface area contributed by atoms with E-state index in [0.717, 1.165) is 5.56 Å². The van der Waals surface area contributed by atoms with Crippen LogP contribution in [-0.4, -0.2) is 73.8 Å². The molecule has 0 aliphatic rings. The summed E-state index contributed by atoms with van der Waals surface area (Å²) in [6, 6.07) is 8.22. The molecular weight excluding hydrogens is 424 g/mol. The average Bonchev–Trinajstić information content (AvgIpc) is 2.84. The summed E-state index contributed by atoms with van der Waals surface area (Å²) < 4.78 is 10.4.